The first kappa shape index (κ1) is 21.0. The maximum Gasteiger partial charge on any atom is 0.255 e. The van der Waals surface area contributed by atoms with E-state index in [1.807, 2.05) is 0 Å². The van der Waals surface area contributed by atoms with Gasteiger partial charge < -0.3 is 10.4 Å². The fraction of sp³-hybridized carbons (Fsp3) is 0.143. The van der Waals surface area contributed by atoms with E-state index in [0.717, 1.165) is 6.26 Å². The van der Waals surface area contributed by atoms with Crippen molar-refractivity contribution in [1.29, 1.82) is 0 Å². The number of aliphatic hydroxyl groups excluding tert-OH is 1. The molecule has 0 saturated heterocycles. The standard InChI is InChI=1S/C21H19ClN2O4S/c1-29(27,28)13-14-2-5-16(6-3-14)21(26)24-17-7-8-19(22)18(10-17)20-9-4-15(12-25)11-23-20/h2-11,25H,12-13H2,1H3,(H,24,26). The number of anilines is 1. The van der Waals surface area contributed by atoms with E-state index < -0.39 is 9.84 Å². The Morgan fingerprint density at radius 2 is 1.76 bits per heavy atom. The first-order chi connectivity index (χ1) is 13.7. The number of hydrogen-bond donors (Lipinski definition) is 2. The molecule has 1 heterocycles. The molecule has 3 aromatic rings. The van der Waals surface area contributed by atoms with E-state index in [9.17, 15) is 13.2 Å². The van der Waals surface area contributed by atoms with E-state index in [0.29, 0.717) is 38.7 Å². The number of nitrogens with zero attached hydrogens (tertiary/aromatic N) is 1. The molecule has 0 aliphatic carbocycles. The van der Waals surface area contributed by atoms with Crippen LogP contribution in [0, 0.1) is 0 Å². The zero-order chi connectivity index (χ0) is 21.0. The van der Waals surface area contributed by atoms with Crippen molar-refractivity contribution in [2.24, 2.45) is 0 Å². The molecular formula is C21H19ClN2O4S. The summed E-state index contributed by atoms with van der Waals surface area (Å²) in [5.74, 6) is -0.398. The first-order valence-electron chi connectivity index (χ1n) is 8.69. The second-order valence-electron chi connectivity index (χ2n) is 6.63. The van der Waals surface area contributed by atoms with Gasteiger partial charge >= 0.3 is 0 Å². The number of rotatable bonds is 6. The third-order valence-corrected chi connectivity index (χ3v) is 5.34. The van der Waals surface area contributed by atoms with E-state index in [2.05, 4.69) is 10.3 Å². The average Bonchev–Trinajstić information content (AvgIpc) is 2.69. The van der Waals surface area contributed by atoms with Crippen molar-refractivity contribution in [2.45, 2.75) is 12.4 Å². The normalized spacial score (nSPS) is 11.3. The molecule has 1 aromatic heterocycles. The highest BCUT2D eigenvalue weighted by Crippen LogP contribution is 2.29. The van der Waals surface area contributed by atoms with Gasteiger partial charge in [-0.05, 0) is 47.5 Å². The van der Waals surface area contributed by atoms with Gasteiger partial charge in [-0.1, -0.05) is 29.8 Å². The lowest BCUT2D eigenvalue weighted by atomic mass is 10.1. The molecular weight excluding hydrogens is 412 g/mol. The molecule has 2 N–H and O–H groups in total. The Morgan fingerprint density at radius 3 is 2.34 bits per heavy atom. The monoisotopic (exact) mass is 430 g/mol. The Bertz CT molecular complexity index is 1130. The third kappa shape index (κ3) is 5.63. The molecule has 0 aliphatic rings. The zero-order valence-electron chi connectivity index (χ0n) is 15.6. The molecule has 0 atom stereocenters. The van der Waals surface area contributed by atoms with Crippen molar-refractivity contribution < 1.29 is 18.3 Å². The first-order valence-corrected chi connectivity index (χ1v) is 11.1. The minimum absolute atomic E-state index is 0.0719. The van der Waals surface area contributed by atoms with Crippen LogP contribution in [0.2, 0.25) is 5.02 Å². The highest BCUT2D eigenvalue weighted by Gasteiger charge is 2.11. The smallest absolute Gasteiger partial charge is 0.255 e. The largest absolute Gasteiger partial charge is 0.392 e. The molecule has 150 valence electrons. The van der Waals surface area contributed by atoms with Crippen LogP contribution in [-0.2, 0) is 22.2 Å². The van der Waals surface area contributed by atoms with Crippen molar-refractivity contribution in [3.8, 4) is 11.3 Å². The van der Waals surface area contributed by atoms with E-state index >= 15 is 0 Å². The highest BCUT2D eigenvalue weighted by molar-refractivity contribution is 7.89. The number of pyridine rings is 1. The van der Waals surface area contributed by atoms with Crippen LogP contribution in [0.25, 0.3) is 11.3 Å². The average molecular weight is 431 g/mol. The highest BCUT2D eigenvalue weighted by atomic mass is 35.5. The summed E-state index contributed by atoms with van der Waals surface area (Å²) in [6.45, 7) is -0.0971. The second-order valence-corrected chi connectivity index (χ2v) is 9.17. The van der Waals surface area contributed by atoms with Crippen LogP contribution in [0.15, 0.2) is 60.8 Å². The van der Waals surface area contributed by atoms with Crippen molar-refractivity contribution in [1.82, 2.24) is 4.98 Å². The van der Waals surface area contributed by atoms with Gasteiger partial charge in [-0.15, -0.1) is 0 Å². The Labute approximate surface area is 174 Å². The Morgan fingerprint density at radius 1 is 1.07 bits per heavy atom. The Hall–Kier alpha value is -2.74. The molecule has 8 heteroatoms. The van der Waals surface area contributed by atoms with Gasteiger partial charge in [0.25, 0.3) is 5.91 Å². The maximum atomic E-state index is 12.5. The van der Waals surface area contributed by atoms with Crippen molar-refractivity contribution in [3.05, 3.63) is 82.5 Å². The molecule has 0 unspecified atom stereocenters. The fourth-order valence-corrected chi connectivity index (χ4v) is 3.75. The molecule has 3 rings (SSSR count). The molecule has 0 aliphatic heterocycles. The van der Waals surface area contributed by atoms with E-state index in [1.165, 1.54) is 0 Å². The number of sulfone groups is 1. The van der Waals surface area contributed by atoms with Crippen molar-refractivity contribution in [3.63, 3.8) is 0 Å². The molecule has 0 saturated carbocycles. The Kier molecular flexibility index (Phi) is 6.32. The number of nitrogens with one attached hydrogen (secondary N) is 1. The summed E-state index contributed by atoms with van der Waals surface area (Å²) in [7, 11) is -3.13. The van der Waals surface area contributed by atoms with Gasteiger partial charge in [0.15, 0.2) is 9.84 Å². The maximum absolute atomic E-state index is 12.5. The fourth-order valence-electron chi connectivity index (χ4n) is 2.74. The third-order valence-electron chi connectivity index (χ3n) is 4.15. The molecule has 0 fully saturated rings. The van der Waals surface area contributed by atoms with Crippen molar-refractivity contribution in [2.75, 3.05) is 11.6 Å². The minimum Gasteiger partial charge on any atom is -0.392 e. The number of aromatic nitrogens is 1. The zero-order valence-corrected chi connectivity index (χ0v) is 17.2. The van der Waals surface area contributed by atoms with E-state index in [1.54, 1.807) is 60.8 Å². The van der Waals surface area contributed by atoms with Crippen LogP contribution in [0.1, 0.15) is 21.5 Å². The number of hydrogen-bond acceptors (Lipinski definition) is 5. The molecule has 1 amide bonds. The summed E-state index contributed by atoms with van der Waals surface area (Å²) < 4.78 is 22.7. The van der Waals surface area contributed by atoms with Crippen LogP contribution >= 0.6 is 11.6 Å². The predicted octanol–water partition coefficient (Wildman–Crippen LogP) is 3.69. The van der Waals surface area contributed by atoms with Crippen LogP contribution < -0.4 is 5.32 Å². The lowest BCUT2D eigenvalue weighted by Gasteiger charge is -2.10. The predicted molar refractivity (Wildman–Crippen MR) is 114 cm³/mol. The summed E-state index contributed by atoms with van der Waals surface area (Å²) in [5.41, 5.74) is 3.53. The van der Waals surface area contributed by atoms with Crippen molar-refractivity contribution >= 4 is 33.0 Å². The number of halogens is 1. The van der Waals surface area contributed by atoms with Gasteiger partial charge in [0.05, 0.1) is 23.1 Å². The van der Waals surface area contributed by atoms with Crippen LogP contribution in [0.5, 0.6) is 0 Å². The van der Waals surface area contributed by atoms with Gasteiger partial charge in [0, 0.05) is 29.3 Å². The van der Waals surface area contributed by atoms with Gasteiger partial charge in [-0.2, -0.15) is 0 Å². The topological polar surface area (TPSA) is 96.4 Å². The molecule has 29 heavy (non-hydrogen) atoms. The van der Waals surface area contributed by atoms with Gasteiger partial charge in [-0.25, -0.2) is 8.42 Å². The second kappa shape index (κ2) is 8.73. The number of carbonyl (C=O) groups excluding carboxylic acids is 1. The molecule has 2 aromatic carbocycles. The van der Waals surface area contributed by atoms with Crippen LogP contribution in [0.4, 0.5) is 5.69 Å². The lowest BCUT2D eigenvalue weighted by molar-refractivity contribution is 0.102. The summed E-state index contributed by atoms with van der Waals surface area (Å²) in [6, 6.07) is 15.0. The van der Waals surface area contributed by atoms with Crippen LogP contribution in [0.3, 0.4) is 0 Å². The van der Waals surface area contributed by atoms with Gasteiger partial charge in [-0.3, -0.25) is 9.78 Å². The number of benzene rings is 2. The van der Waals surface area contributed by atoms with Gasteiger partial charge in [0.1, 0.15) is 0 Å². The summed E-state index contributed by atoms with van der Waals surface area (Å²) >= 11 is 6.28. The summed E-state index contributed by atoms with van der Waals surface area (Å²) in [4.78, 5) is 16.8. The SMILES string of the molecule is CS(=O)(=O)Cc1ccc(C(=O)Nc2ccc(Cl)c(-c3ccc(CO)cn3)c2)cc1. The molecule has 0 radical (unpaired) electrons. The van der Waals surface area contributed by atoms with E-state index in [-0.39, 0.29) is 18.3 Å². The summed E-state index contributed by atoms with van der Waals surface area (Å²) in [6.07, 6.45) is 2.73. The quantitative estimate of drug-likeness (QED) is 0.621. The minimum atomic E-state index is -3.13. The van der Waals surface area contributed by atoms with E-state index in [4.69, 9.17) is 16.7 Å². The molecule has 6 nitrogen and oxygen atoms in total. The molecule has 0 spiro atoms. The van der Waals surface area contributed by atoms with Crippen LogP contribution in [-0.4, -0.2) is 30.7 Å². The number of carbonyl (C=O) groups is 1. The van der Waals surface area contributed by atoms with Gasteiger partial charge in [0.2, 0.25) is 0 Å². The Balaban J connectivity index is 1.78. The molecule has 0 bridgehead atoms. The number of amides is 1. The lowest BCUT2D eigenvalue weighted by Crippen LogP contribution is -2.12. The number of aliphatic hydroxyl groups is 1. The summed E-state index contributed by atoms with van der Waals surface area (Å²) in [5, 5.41) is 12.4.